The summed E-state index contributed by atoms with van der Waals surface area (Å²) in [5.41, 5.74) is 1.42. The highest BCUT2D eigenvalue weighted by molar-refractivity contribution is 5.93. The summed E-state index contributed by atoms with van der Waals surface area (Å²) in [6, 6.07) is 10.8. The van der Waals surface area contributed by atoms with Gasteiger partial charge in [0.1, 0.15) is 11.6 Å². The molecule has 0 atom stereocenters. The van der Waals surface area contributed by atoms with E-state index in [1.165, 1.54) is 23.1 Å². The first-order valence-electron chi connectivity index (χ1n) is 9.36. The zero-order valence-electron chi connectivity index (χ0n) is 17.1. The Morgan fingerprint density at radius 2 is 1.83 bits per heavy atom. The van der Waals surface area contributed by atoms with Crippen molar-refractivity contribution in [3.05, 3.63) is 65.0 Å². The predicted molar refractivity (Wildman–Crippen MR) is 109 cm³/mol. The van der Waals surface area contributed by atoms with Gasteiger partial charge in [0.15, 0.2) is 5.96 Å². The topological polar surface area (TPSA) is 66.0 Å². The Hall–Kier alpha value is -3.23. The van der Waals surface area contributed by atoms with E-state index < -0.39 is 12.4 Å². The molecule has 0 aliphatic carbocycles. The molecule has 0 saturated heterocycles. The van der Waals surface area contributed by atoms with Crippen molar-refractivity contribution in [1.82, 2.24) is 15.5 Å². The van der Waals surface area contributed by atoms with Gasteiger partial charge in [-0.1, -0.05) is 18.2 Å². The van der Waals surface area contributed by atoms with Crippen LogP contribution >= 0.6 is 0 Å². The fraction of sp³-hybridized carbons (Fsp3) is 0.333. The molecule has 162 valence electrons. The number of nitrogens with zero attached hydrogens (tertiary/aromatic N) is 2. The van der Waals surface area contributed by atoms with Gasteiger partial charge in [-0.3, -0.25) is 4.79 Å². The molecule has 0 aromatic heterocycles. The molecule has 2 aromatic rings. The summed E-state index contributed by atoms with van der Waals surface area (Å²) >= 11 is 0. The number of carbonyl (C=O) groups excluding carboxylic acids is 1. The number of rotatable bonds is 8. The number of carbonyl (C=O) groups is 1. The Labute approximate surface area is 173 Å². The van der Waals surface area contributed by atoms with Crippen LogP contribution in [-0.2, 0) is 13.1 Å². The van der Waals surface area contributed by atoms with Crippen molar-refractivity contribution in [2.75, 3.05) is 20.6 Å². The van der Waals surface area contributed by atoms with Crippen LogP contribution in [0, 0.1) is 5.82 Å². The van der Waals surface area contributed by atoms with E-state index in [1.54, 1.807) is 38.4 Å². The van der Waals surface area contributed by atoms with Crippen LogP contribution in [0.4, 0.5) is 13.2 Å². The molecule has 0 saturated carbocycles. The number of nitrogens with one attached hydrogen (secondary N) is 2. The normalized spacial score (nSPS) is 11.4. The largest absolute Gasteiger partial charge is 0.434 e. The van der Waals surface area contributed by atoms with Gasteiger partial charge in [0, 0.05) is 38.3 Å². The van der Waals surface area contributed by atoms with E-state index in [2.05, 4.69) is 20.4 Å². The quantitative estimate of drug-likeness (QED) is 0.506. The maximum absolute atomic E-state index is 14.1. The van der Waals surface area contributed by atoms with Gasteiger partial charge < -0.3 is 20.3 Å². The molecule has 9 heteroatoms. The monoisotopic (exact) mass is 422 g/mol. The Morgan fingerprint density at radius 1 is 1.13 bits per heavy atom. The summed E-state index contributed by atoms with van der Waals surface area (Å²) in [6.45, 7) is -0.400. The SMILES string of the molecule is CCNC(=NCc1ccc(C(=O)N(C)C)cc1)NCc1c(F)cccc1OC(F)F. The molecule has 0 aliphatic heterocycles. The Bertz CT molecular complexity index is 871. The summed E-state index contributed by atoms with van der Waals surface area (Å²) in [5.74, 6) is -0.587. The molecule has 30 heavy (non-hydrogen) atoms. The second kappa shape index (κ2) is 11.1. The summed E-state index contributed by atoms with van der Waals surface area (Å²) in [5, 5.41) is 5.93. The molecule has 2 N–H and O–H groups in total. The molecule has 0 heterocycles. The fourth-order valence-electron chi connectivity index (χ4n) is 2.61. The van der Waals surface area contributed by atoms with Crippen molar-refractivity contribution in [3.8, 4) is 5.75 Å². The average molecular weight is 422 g/mol. The second-order valence-electron chi connectivity index (χ2n) is 6.54. The van der Waals surface area contributed by atoms with E-state index in [9.17, 15) is 18.0 Å². The summed E-state index contributed by atoms with van der Waals surface area (Å²) < 4.78 is 43.6. The lowest BCUT2D eigenvalue weighted by Crippen LogP contribution is -2.37. The second-order valence-corrected chi connectivity index (χ2v) is 6.54. The minimum absolute atomic E-state index is 0.0186. The maximum atomic E-state index is 14.1. The van der Waals surface area contributed by atoms with Gasteiger partial charge in [0.25, 0.3) is 5.91 Å². The van der Waals surface area contributed by atoms with Crippen LogP contribution in [0.3, 0.4) is 0 Å². The van der Waals surface area contributed by atoms with Crippen molar-refractivity contribution < 1.29 is 22.7 Å². The number of ether oxygens (including phenoxy) is 1. The number of hydrogen-bond acceptors (Lipinski definition) is 3. The van der Waals surface area contributed by atoms with Crippen LogP contribution in [0.1, 0.15) is 28.4 Å². The number of benzene rings is 2. The average Bonchev–Trinajstić information content (AvgIpc) is 2.70. The van der Waals surface area contributed by atoms with Gasteiger partial charge in [0.05, 0.1) is 6.54 Å². The first kappa shape index (κ1) is 23.1. The molecule has 0 spiro atoms. The molecule has 0 unspecified atom stereocenters. The smallest absolute Gasteiger partial charge is 0.387 e. The first-order valence-corrected chi connectivity index (χ1v) is 9.36. The molecule has 6 nitrogen and oxygen atoms in total. The molecular formula is C21H25F3N4O2. The van der Waals surface area contributed by atoms with Gasteiger partial charge in [-0.2, -0.15) is 8.78 Å². The number of hydrogen-bond donors (Lipinski definition) is 2. The highest BCUT2D eigenvalue weighted by Crippen LogP contribution is 2.23. The highest BCUT2D eigenvalue weighted by Gasteiger charge is 2.14. The Kier molecular flexibility index (Phi) is 8.52. The van der Waals surface area contributed by atoms with E-state index in [0.29, 0.717) is 24.6 Å². The van der Waals surface area contributed by atoms with E-state index >= 15 is 0 Å². The molecule has 0 radical (unpaired) electrons. The third-order valence-electron chi connectivity index (χ3n) is 4.10. The molecule has 0 bridgehead atoms. The third-order valence-corrected chi connectivity index (χ3v) is 4.10. The molecule has 1 amide bonds. The Morgan fingerprint density at radius 3 is 2.43 bits per heavy atom. The van der Waals surface area contributed by atoms with E-state index in [1.807, 2.05) is 6.92 Å². The number of guanidine groups is 1. The molecular weight excluding hydrogens is 397 g/mol. The molecule has 0 aliphatic rings. The maximum Gasteiger partial charge on any atom is 0.387 e. The molecule has 2 aromatic carbocycles. The van der Waals surface area contributed by atoms with E-state index in [0.717, 1.165) is 5.56 Å². The van der Waals surface area contributed by atoms with Gasteiger partial charge >= 0.3 is 6.61 Å². The van der Waals surface area contributed by atoms with Crippen LogP contribution in [0.15, 0.2) is 47.5 Å². The van der Waals surface area contributed by atoms with Gasteiger partial charge in [-0.05, 0) is 36.8 Å². The minimum atomic E-state index is -3.05. The van der Waals surface area contributed by atoms with Crippen LogP contribution in [0.5, 0.6) is 5.75 Å². The first-order chi connectivity index (χ1) is 14.3. The van der Waals surface area contributed by atoms with Crippen molar-refractivity contribution in [1.29, 1.82) is 0 Å². The van der Waals surface area contributed by atoms with E-state index in [-0.39, 0.29) is 23.8 Å². The van der Waals surface area contributed by atoms with Crippen LogP contribution in [0.2, 0.25) is 0 Å². The summed E-state index contributed by atoms with van der Waals surface area (Å²) in [4.78, 5) is 17.9. The van der Waals surface area contributed by atoms with Crippen molar-refractivity contribution in [3.63, 3.8) is 0 Å². The van der Waals surface area contributed by atoms with E-state index in [4.69, 9.17) is 0 Å². The number of alkyl halides is 2. The van der Waals surface area contributed by atoms with Gasteiger partial charge in [-0.25, -0.2) is 9.38 Å². The fourth-order valence-corrected chi connectivity index (χ4v) is 2.61. The summed E-state index contributed by atoms with van der Waals surface area (Å²) in [7, 11) is 3.37. The minimum Gasteiger partial charge on any atom is -0.434 e. The number of aliphatic imine (C=N–C) groups is 1. The van der Waals surface area contributed by atoms with Gasteiger partial charge in [-0.15, -0.1) is 0 Å². The van der Waals surface area contributed by atoms with Crippen LogP contribution in [0.25, 0.3) is 0 Å². The summed E-state index contributed by atoms with van der Waals surface area (Å²) in [6.07, 6.45) is 0. The Balaban J connectivity index is 2.08. The molecule has 0 fully saturated rings. The van der Waals surface area contributed by atoms with Gasteiger partial charge in [0.2, 0.25) is 0 Å². The molecule has 2 rings (SSSR count). The third kappa shape index (κ3) is 6.68. The predicted octanol–water partition coefficient (Wildman–Crippen LogP) is 3.38. The highest BCUT2D eigenvalue weighted by atomic mass is 19.3. The van der Waals surface area contributed by atoms with Crippen molar-refractivity contribution >= 4 is 11.9 Å². The zero-order valence-corrected chi connectivity index (χ0v) is 17.1. The lowest BCUT2D eigenvalue weighted by molar-refractivity contribution is -0.0506. The van der Waals surface area contributed by atoms with Crippen LogP contribution < -0.4 is 15.4 Å². The van der Waals surface area contributed by atoms with Crippen molar-refractivity contribution in [2.45, 2.75) is 26.6 Å². The number of amides is 1. The lowest BCUT2D eigenvalue weighted by Gasteiger charge is -2.15. The zero-order chi connectivity index (χ0) is 22.1. The standard InChI is InChI=1S/C21H25F3N4O2/c1-4-25-21(26-12-14-8-10-15(11-9-14)19(29)28(2)3)27-13-16-17(22)6-5-7-18(16)30-20(23)24/h5-11,20H,4,12-13H2,1-3H3,(H2,25,26,27). The number of halogens is 3. The lowest BCUT2D eigenvalue weighted by atomic mass is 10.1. The van der Waals surface area contributed by atoms with Crippen LogP contribution in [-0.4, -0.2) is 44.0 Å². The van der Waals surface area contributed by atoms with Crippen molar-refractivity contribution in [2.24, 2.45) is 4.99 Å².